The Morgan fingerprint density at radius 3 is 1.46 bits per heavy atom. The summed E-state index contributed by atoms with van der Waals surface area (Å²) in [4.78, 5) is 5.60. The van der Waals surface area contributed by atoms with E-state index in [4.69, 9.17) is 4.99 Å². The zero-order valence-electron chi connectivity index (χ0n) is 29.2. The molecular formula is C51H37N. The van der Waals surface area contributed by atoms with Crippen molar-refractivity contribution in [2.75, 3.05) is 0 Å². The number of benzene rings is 7. The molecule has 7 aromatic rings. The Kier molecular flexibility index (Phi) is 7.15. The van der Waals surface area contributed by atoms with E-state index < -0.39 is 0 Å². The molecule has 1 heterocycles. The van der Waals surface area contributed by atoms with Gasteiger partial charge in [0.05, 0.1) is 16.8 Å². The molecule has 1 spiro atoms. The molecule has 0 N–H and O–H groups in total. The van der Waals surface area contributed by atoms with Crippen LogP contribution in [-0.2, 0) is 5.41 Å². The highest BCUT2D eigenvalue weighted by molar-refractivity contribution is 6.14. The summed E-state index contributed by atoms with van der Waals surface area (Å²) in [5.41, 5.74) is 21.0. The van der Waals surface area contributed by atoms with Gasteiger partial charge in [-0.15, -0.1) is 0 Å². The number of rotatable bonds is 4. The van der Waals surface area contributed by atoms with Crippen LogP contribution in [0.1, 0.15) is 58.7 Å². The van der Waals surface area contributed by atoms with Crippen LogP contribution in [0.5, 0.6) is 0 Å². The van der Waals surface area contributed by atoms with Crippen LogP contribution in [0.4, 0.5) is 0 Å². The van der Waals surface area contributed by atoms with Gasteiger partial charge in [0.1, 0.15) is 0 Å². The quantitative estimate of drug-likeness (QED) is 0.178. The van der Waals surface area contributed by atoms with Gasteiger partial charge in [0.25, 0.3) is 0 Å². The summed E-state index contributed by atoms with van der Waals surface area (Å²) in [5.74, 6) is 0. The summed E-state index contributed by atoms with van der Waals surface area (Å²) >= 11 is 0. The molecule has 0 amide bonds. The lowest BCUT2D eigenvalue weighted by atomic mass is 9.70. The molecule has 7 aromatic carbocycles. The van der Waals surface area contributed by atoms with Gasteiger partial charge in [-0.25, -0.2) is 4.99 Å². The summed E-state index contributed by atoms with van der Waals surface area (Å²) < 4.78 is 0. The van der Waals surface area contributed by atoms with Gasteiger partial charge in [0.15, 0.2) is 0 Å². The van der Waals surface area contributed by atoms with Crippen LogP contribution in [0, 0.1) is 0 Å². The molecule has 52 heavy (non-hydrogen) atoms. The fraction of sp³-hybridized carbons (Fsp3) is 0.0784. The van der Waals surface area contributed by atoms with Crippen LogP contribution in [0.25, 0.3) is 44.7 Å². The molecule has 0 fully saturated rings. The fourth-order valence-electron chi connectivity index (χ4n) is 8.97. The summed E-state index contributed by atoms with van der Waals surface area (Å²) in [7, 11) is 0. The maximum Gasteiger partial charge on any atom is 0.0725 e. The number of hydrogen-bond acceptors (Lipinski definition) is 1. The second-order valence-corrected chi connectivity index (χ2v) is 14.3. The number of aliphatic imine (C=N–C) groups is 1. The highest BCUT2D eigenvalue weighted by Gasteiger charge is 2.51. The van der Waals surface area contributed by atoms with E-state index >= 15 is 0 Å². The molecule has 1 aliphatic heterocycles. The van der Waals surface area contributed by atoms with E-state index in [0.29, 0.717) is 0 Å². The van der Waals surface area contributed by atoms with Crippen molar-refractivity contribution in [3.63, 3.8) is 0 Å². The molecule has 0 aromatic heterocycles. The van der Waals surface area contributed by atoms with Gasteiger partial charge in [-0.2, -0.15) is 0 Å². The molecule has 0 bridgehead atoms. The Morgan fingerprint density at radius 1 is 0.404 bits per heavy atom. The fourth-order valence-corrected chi connectivity index (χ4v) is 8.97. The second-order valence-electron chi connectivity index (χ2n) is 14.3. The van der Waals surface area contributed by atoms with Crippen LogP contribution in [0.2, 0.25) is 0 Å². The normalized spacial score (nSPS) is 18.6. The van der Waals surface area contributed by atoms with E-state index in [0.717, 1.165) is 29.8 Å². The number of fused-ring (bicyclic) bond motifs is 10. The molecule has 10 rings (SSSR count). The average Bonchev–Trinajstić information content (AvgIpc) is 3.67. The Balaban J connectivity index is 1.14. The average molecular weight is 664 g/mol. The van der Waals surface area contributed by atoms with Gasteiger partial charge >= 0.3 is 0 Å². The lowest BCUT2D eigenvalue weighted by molar-refractivity contribution is 0.793. The first-order valence-electron chi connectivity index (χ1n) is 18.3. The lowest BCUT2D eigenvalue weighted by Gasteiger charge is -2.30. The molecular weight excluding hydrogens is 627 g/mol. The smallest absolute Gasteiger partial charge is 0.0725 e. The topological polar surface area (TPSA) is 12.4 Å². The molecule has 0 saturated carbocycles. The first-order chi connectivity index (χ1) is 25.7. The van der Waals surface area contributed by atoms with Gasteiger partial charge in [-0.3, -0.25) is 0 Å². The van der Waals surface area contributed by atoms with E-state index in [1.54, 1.807) is 0 Å². The van der Waals surface area contributed by atoms with Crippen molar-refractivity contribution in [1.29, 1.82) is 0 Å². The van der Waals surface area contributed by atoms with E-state index in [1.165, 1.54) is 77.9 Å². The summed E-state index contributed by atoms with van der Waals surface area (Å²) in [6, 6.07) is 64.5. The lowest BCUT2D eigenvalue weighted by Crippen LogP contribution is -2.26. The zero-order chi connectivity index (χ0) is 34.6. The first-order valence-corrected chi connectivity index (χ1v) is 18.3. The third kappa shape index (κ3) is 4.66. The van der Waals surface area contributed by atoms with Gasteiger partial charge in [0.2, 0.25) is 0 Å². The Morgan fingerprint density at radius 2 is 0.865 bits per heavy atom. The van der Waals surface area contributed by atoms with Crippen molar-refractivity contribution in [1.82, 2.24) is 0 Å². The zero-order valence-corrected chi connectivity index (χ0v) is 29.2. The molecule has 3 aliphatic rings. The Hall–Kier alpha value is -6.31. The molecule has 246 valence electrons. The third-order valence-electron chi connectivity index (χ3n) is 11.4. The summed E-state index contributed by atoms with van der Waals surface area (Å²) in [6.45, 7) is 2.28. The highest BCUT2D eigenvalue weighted by Crippen LogP contribution is 2.62. The van der Waals surface area contributed by atoms with Crippen molar-refractivity contribution in [2.45, 2.75) is 25.2 Å². The minimum absolute atomic E-state index is 0.379. The van der Waals surface area contributed by atoms with E-state index in [1.807, 2.05) is 0 Å². The van der Waals surface area contributed by atoms with Crippen molar-refractivity contribution in [3.8, 4) is 33.4 Å². The number of allylic oxidation sites excluding steroid dienone is 3. The SMILES string of the molecule is C\C1=C(c2ccc3c(c2)C2(c4ccccc4-c4ccccc42)c2ccccc2-3)/N=C(c2ccccc2)\C=C(\c2ccc(-c3ccccc3)cc2)CC1. The second kappa shape index (κ2) is 12.2. The van der Waals surface area contributed by atoms with Crippen molar-refractivity contribution in [2.24, 2.45) is 4.99 Å². The summed E-state index contributed by atoms with van der Waals surface area (Å²) in [6.07, 6.45) is 4.20. The van der Waals surface area contributed by atoms with Crippen LogP contribution in [-0.4, -0.2) is 5.71 Å². The first kappa shape index (κ1) is 30.5. The largest absolute Gasteiger partial charge is 0.248 e. The Bertz CT molecular complexity index is 2540. The minimum Gasteiger partial charge on any atom is -0.248 e. The predicted octanol–water partition coefficient (Wildman–Crippen LogP) is 12.8. The monoisotopic (exact) mass is 663 g/mol. The predicted molar refractivity (Wildman–Crippen MR) is 217 cm³/mol. The summed E-state index contributed by atoms with van der Waals surface area (Å²) in [5, 5.41) is 0. The third-order valence-corrected chi connectivity index (χ3v) is 11.4. The molecule has 0 atom stereocenters. The maximum atomic E-state index is 5.60. The molecule has 0 radical (unpaired) electrons. The van der Waals surface area contributed by atoms with E-state index in [9.17, 15) is 0 Å². The molecule has 1 heteroatoms. The van der Waals surface area contributed by atoms with E-state index in [-0.39, 0.29) is 5.41 Å². The van der Waals surface area contributed by atoms with Crippen molar-refractivity contribution >= 4 is 17.0 Å². The van der Waals surface area contributed by atoms with Gasteiger partial charge in [-0.05, 0) is 104 Å². The molecule has 0 unspecified atom stereocenters. The highest BCUT2D eigenvalue weighted by atomic mass is 14.8. The van der Waals surface area contributed by atoms with Crippen LogP contribution in [0.15, 0.2) is 193 Å². The van der Waals surface area contributed by atoms with Crippen LogP contribution < -0.4 is 0 Å². The maximum absolute atomic E-state index is 5.60. The molecule has 0 saturated heterocycles. The van der Waals surface area contributed by atoms with E-state index in [2.05, 4.69) is 189 Å². The van der Waals surface area contributed by atoms with Gasteiger partial charge in [-0.1, -0.05) is 170 Å². The van der Waals surface area contributed by atoms with Gasteiger partial charge < -0.3 is 0 Å². The Labute approximate surface area is 306 Å². The minimum atomic E-state index is -0.379. The number of hydrogen-bond donors (Lipinski definition) is 0. The van der Waals surface area contributed by atoms with Crippen molar-refractivity contribution < 1.29 is 0 Å². The van der Waals surface area contributed by atoms with Crippen molar-refractivity contribution in [3.05, 3.63) is 227 Å². The standard InChI is InChI=1S/C51H37N/c1-34-24-25-39(37-28-26-36(27-29-37)35-14-4-2-5-15-35)33-49(38-16-6-3-7-17-38)52-50(34)40-30-31-44-43-20-10-13-23-47(43)51(48(44)32-40)45-21-11-8-18-41(45)42-19-9-12-22-46(42)51/h2-23,26-33H,24-25H2,1H3/b39-33+,50-34+,52-49+. The molecule has 2 aliphatic carbocycles. The molecule has 1 nitrogen and oxygen atoms in total. The van der Waals surface area contributed by atoms with Crippen LogP contribution in [0.3, 0.4) is 0 Å². The van der Waals surface area contributed by atoms with Gasteiger partial charge in [0, 0.05) is 11.1 Å². The number of nitrogens with zero attached hydrogens (tertiary/aromatic N) is 1. The van der Waals surface area contributed by atoms with Crippen LogP contribution >= 0.6 is 0 Å².